The maximum Gasteiger partial charge on any atom is 0.253 e. The average Bonchev–Trinajstić information content (AvgIpc) is 3.05. The Morgan fingerprint density at radius 1 is 1.20 bits per heavy atom. The van der Waals surface area contributed by atoms with Crippen LogP contribution in [0, 0.1) is 12.8 Å². The standard InChI is InChI=1S/C19H21N5O/c1-13-7-10-23(11-8-13)19(25)15-5-6-17(14(2)12-15)24-18-16(21-22-24)4-3-9-20-18/h3-6,9,12-13H,7-8,10-11H2,1-2H3. The molecule has 0 unspecified atom stereocenters. The van der Waals surface area contributed by atoms with Crippen molar-refractivity contribution in [3.05, 3.63) is 47.7 Å². The Morgan fingerprint density at radius 3 is 2.76 bits per heavy atom. The van der Waals surface area contributed by atoms with E-state index in [1.165, 1.54) is 0 Å². The van der Waals surface area contributed by atoms with Gasteiger partial charge in [-0.05, 0) is 61.6 Å². The zero-order valence-corrected chi connectivity index (χ0v) is 14.5. The molecule has 1 aliphatic heterocycles. The van der Waals surface area contributed by atoms with Crippen molar-refractivity contribution in [3.8, 4) is 5.69 Å². The van der Waals surface area contributed by atoms with Crippen LogP contribution >= 0.6 is 0 Å². The molecule has 0 saturated carbocycles. The lowest BCUT2D eigenvalue weighted by atomic mass is 9.98. The molecule has 1 aromatic carbocycles. The fourth-order valence-electron chi connectivity index (χ4n) is 3.35. The van der Waals surface area contributed by atoms with Crippen LogP contribution in [0.1, 0.15) is 35.7 Å². The van der Waals surface area contributed by atoms with Crippen LogP contribution in [0.15, 0.2) is 36.5 Å². The first kappa shape index (κ1) is 15.7. The summed E-state index contributed by atoms with van der Waals surface area (Å²) in [5.41, 5.74) is 4.08. The maximum atomic E-state index is 12.7. The second-order valence-electron chi connectivity index (χ2n) is 6.82. The van der Waals surface area contributed by atoms with Gasteiger partial charge in [-0.3, -0.25) is 4.79 Å². The predicted octanol–water partition coefficient (Wildman–Crippen LogP) is 3.00. The number of amides is 1. The van der Waals surface area contributed by atoms with Gasteiger partial charge < -0.3 is 4.90 Å². The summed E-state index contributed by atoms with van der Waals surface area (Å²) in [5, 5.41) is 8.36. The van der Waals surface area contributed by atoms with Gasteiger partial charge in [0.1, 0.15) is 5.52 Å². The molecule has 4 rings (SSSR count). The SMILES string of the molecule is Cc1cc(C(=O)N2CCC(C)CC2)ccc1-n1nnc2cccnc21. The first-order chi connectivity index (χ1) is 12.1. The van der Waals surface area contributed by atoms with Crippen molar-refractivity contribution in [2.24, 2.45) is 5.92 Å². The van der Waals surface area contributed by atoms with Crippen molar-refractivity contribution >= 4 is 17.1 Å². The van der Waals surface area contributed by atoms with E-state index >= 15 is 0 Å². The summed E-state index contributed by atoms with van der Waals surface area (Å²) in [7, 11) is 0. The van der Waals surface area contributed by atoms with Gasteiger partial charge in [0.05, 0.1) is 5.69 Å². The van der Waals surface area contributed by atoms with E-state index in [9.17, 15) is 4.79 Å². The molecule has 0 aliphatic carbocycles. The zero-order chi connectivity index (χ0) is 17.4. The van der Waals surface area contributed by atoms with Crippen molar-refractivity contribution in [2.75, 3.05) is 13.1 Å². The molecule has 6 nitrogen and oxygen atoms in total. The Hall–Kier alpha value is -2.76. The molecule has 0 atom stereocenters. The minimum atomic E-state index is 0.114. The Labute approximate surface area is 146 Å². The van der Waals surface area contributed by atoms with Gasteiger partial charge in [0.2, 0.25) is 0 Å². The molecule has 1 aliphatic rings. The number of fused-ring (bicyclic) bond motifs is 1. The highest BCUT2D eigenvalue weighted by molar-refractivity contribution is 5.94. The van der Waals surface area contributed by atoms with Gasteiger partial charge in [0.15, 0.2) is 5.65 Å². The number of carbonyl (C=O) groups is 1. The van der Waals surface area contributed by atoms with Crippen molar-refractivity contribution in [3.63, 3.8) is 0 Å². The Morgan fingerprint density at radius 2 is 2.00 bits per heavy atom. The number of pyridine rings is 1. The molecular formula is C19H21N5O. The lowest BCUT2D eigenvalue weighted by molar-refractivity contribution is 0.0697. The fourth-order valence-corrected chi connectivity index (χ4v) is 3.35. The third-order valence-corrected chi connectivity index (χ3v) is 4.95. The molecule has 128 valence electrons. The summed E-state index contributed by atoms with van der Waals surface area (Å²) in [6.07, 6.45) is 3.89. The second-order valence-corrected chi connectivity index (χ2v) is 6.82. The van der Waals surface area contributed by atoms with E-state index in [0.29, 0.717) is 5.92 Å². The van der Waals surface area contributed by atoms with E-state index in [4.69, 9.17) is 0 Å². The highest BCUT2D eigenvalue weighted by Gasteiger charge is 2.22. The van der Waals surface area contributed by atoms with Crippen molar-refractivity contribution < 1.29 is 4.79 Å². The Bertz CT molecular complexity index is 924. The monoisotopic (exact) mass is 335 g/mol. The molecule has 2 aromatic heterocycles. The topological polar surface area (TPSA) is 63.9 Å². The van der Waals surface area contributed by atoms with Gasteiger partial charge in [0, 0.05) is 24.8 Å². The van der Waals surface area contributed by atoms with Crippen LogP contribution in [-0.4, -0.2) is 43.9 Å². The van der Waals surface area contributed by atoms with Crippen molar-refractivity contribution in [1.29, 1.82) is 0 Å². The van der Waals surface area contributed by atoms with Crippen molar-refractivity contribution in [2.45, 2.75) is 26.7 Å². The third kappa shape index (κ3) is 2.88. The van der Waals surface area contributed by atoms with Crippen molar-refractivity contribution in [1.82, 2.24) is 24.9 Å². The van der Waals surface area contributed by atoms with E-state index < -0.39 is 0 Å². The number of nitrogens with zero attached hydrogens (tertiary/aromatic N) is 5. The van der Waals surface area contributed by atoms with Gasteiger partial charge >= 0.3 is 0 Å². The van der Waals surface area contributed by atoms with Crippen LogP contribution in [0.3, 0.4) is 0 Å². The lowest BCUT2D eigenvalue weighted by Gasteiger charge is -2.30. The molecule has 6 heteroatoms. The molecule has 1 saturated heterocycles. The number of benzene rings is 1. The van der Waals surface area contributed by atoms with E-state index in [0.717, 1.165) is 53.9 Å². The highest BCUT2D eigenvalue weighted by atomic mass is 16.2. The summed E-state index contributed by atoms with van der Waals surface area (Å²) in [6, 6.07) is 9.47. The first-order valence-electron chi connectivity index (χ1n) is 8.70. The van der Waals surface area contributed by atoms with Gasteiger partial charge in [-0.15, -0.1) is 5.10 Å². The largest absolute Gasteiger partial charge is 0.339 e. The van der Waals surface area contributed by atoms with Gasteiger partial charge in [-0.1, -0.05) is 12.1 Å². The van der Waals surface area contributed by atoms with Crippen LogP contribution in [0.25, 0.3) is 16.9 Å². The highest BCUT2D eigenvalue weighted by Crippen LogP contribution is 2.22. The normalized spacial score (nSPS) is 15.7. The minimum absolute atomic E-state index is 0.114. The Kier molecular flexibility index (Phi) is 3.95. The van der Waals surface area contributed by atoms with Crippen LogP contribution < -0.4 is 0 Å². The smallest absolute Gasteiger partial charge is 0.253 e. The van der Waals surface area contributed by atoms with Gasteiger partial charge in [0.25, 0.3) is 5.91 Å². The number of aromatic nitrogens is 4. The molecule has 0 bridgehead atoms. The lowest BCUT2D eigenvalue weighted by Crippen LogP contribution is -2.37. The number of hydrogen-bond donors (Lipinski definition) is 0. The molecule has 3 heterocycles. The minimum Gasteiger partial charge on any atom is -0.339 e. The number of hydrogen-bond acceptors (Lipinski definition) is 4. The van der Waals surface area contributed by atoms with Gasteiger partial charge in [-0.2, -0.15) is 4.68 Å². The van der Waals surface area contributed by atoms with Crippen LogP contribution in [0.5, 0.6) is 0 Å². The summed E-state index contributed by atoms with van der Waals surface area (Å²) in [6.45, 7) is 5.93. The predicted molar refractivity (Wildman–Crippen MR) is 95.7 cm³/mol. The quantitative estimate of drug-likeness (QED) is 0.722. The molecular weight excluding hydrogens is 314 g/mol. The zero-order valence-electron chi connectivity index (χ0n) is 14.5. The van der Waals surface area contributed by atoms with E-state index in [1.807, 2.05) is 42.2 Å². The van der Waals surface area contributed by atoms with E-state index in [-0.39, 0.29) is 5.91 Å². The van der Waals surface area contributed by atoms with E-state index in [1.54, 1.807) is 10.9 Å². The van der Waals surface area contributed by atoms with Crippen LogP contribution in [0.2, 0.25) is 0 Å². The molecule has 1 amide bonds. The third-order valence-electron chi connectivity index (χ3n) is 4.95. The number of piperidine rings is 1. The molecule has 1 fully saturated rings. The van der Waals surface area contributed by atoms with E-state index in [2.05, 4.69) is 22.2 Å². The Balaban J connectivity index is 1.64. The number of likely N-dealkylation sites (tertiary alicyclic amines) is 1. The first-order valence-corrected chi connectivity index (χ1v) is 8.70. The number of carbonyl (C=O) groups excluding carboxylic acids is 1. The second kappa shape index (κ2) is 6.27. The molecule has 0 N–H and O–H groups in total. The molecule has 25 heavy (non-hydrogen) atoms. The number of rotatable bonds is 2. The summed E-state index contributed by atoms with van der Waals surface area (Å²) in [4.78, 5) is 19.1. The fraction of sp³-hybridized carbons (Fsp3) is 0.368. The van der Waals surface area contributed by atoms with Crippen LogP contribution in [0.4, 0.5) is 0 Å². The van der Waals surface area contributed by atoms with Crippen LogP contribution in [-0.2, 0) is 0 Å². The number of aryl methyl sites for hydroxylation is 1. The summed E-state index contributed by atoms with van der Waals surface area (Å²) >= 11 is 0. The average molecular weight is 335 g/mol. The molecule has 3 aromatic rings. The maximum absolute atomic E-state index is 12.7. The molecule has 0 radical (unpaired) electrons. The summed E-state index contributed by atoms with van der Waals surface area (Å²) in [5.74, 6) is 0.824. The molecule has 0 spiro atoms. The van der Waals surface area contributed by atoms with Gasteiger partial charge in [-0.25, -0.2) is 4.98 Å². The summed E-state index contributed by atoms with van der Waals surface area (Å²) < 4.78 is 1.72.